The van der Waals surface area contributed by atoms with Gasteiger partial charge in [-0.05, 0) is 30.7 Å². The van der Waals surface area contributed by atoms with E-state index in [9.17, 15) is 0 Å². The van der Waals surface area contributed by atoms with Crippen LogP contribution in [-0.4, -0.2) is 0 Å². The molecular weight excluding hydrogens is 120 g/mol. The van der Waals surface area contributed by atoms with Gasteiger partial charge in [0, 0.05) is 5.02 Å². The van der Waals surface area contributed by atoms with Crippen molar-refractivity contribution in [3.8, 4) is 0 Å². The summed E-state index contributed by atoms with van der Waals surface area (Å²) < 4.78 is 0. The van der Waals surface area contributed by atoms with Crippen molar-refractivity contribution in [1.82, 2.24) is 0 Å². The van der Waals surface area contributed by atoms with Crippen LogP contribution in [0, 0.1) is 13.0 Å². The van der Waals surface area contributed by atoms with Crippen molar-refractivity contribution in [2.45, 2.75) is 6.92 Å². The van der Waals surface area contributed by atoms with Crippen molar-refractivity contribution in [3.05, 3.63) is 34.9 Å². The Labute approximate surface area is 54.1 Å². The summed E-state index contributed by atoms with van der Waals surface area (Å²) in [5.74, 6) is 0. The van der Waals surface area contributed by atoms with E-state index in [1.165, 1.54) is 0 Å². The average Bonchev–Trinajstić information content (AvgIpc) is 1.77. The van der Waals surface area contributed by atoms with Crippen molar-refractivity contribution < 1.29 is 0 Å². The minimum atomic E-state index is 0.746. The number of rotatable bonds is 0. The maximum atomic E-state index is 5.58. The molecule has 0 aliphatic rings. The van der Waals surface area contributed by atoms with Crippen molar-refractivity contribution in [2.75, 3.05) is 0 Å². The first-order valence-electron chi connectivity index (χ1n) is 2.43. The smallest absolute Gasteiger partial charge is 0.0412 e. The summed E-state index contributed by atoms with van der Waals surface area (Å²) in [6.45, 7) is 1.98. The molecule has 0 aromatic heterocycles. The topological polar surface area (TPSA) is 0 Å². The van der Waals surface area contributed by atoms with E-state index >= 15 is 0 Å². The lowest BCUT2D eigenvalue weighted by Crippen LogP contribution is -1.67. The minimum Gasteiger partial charge on any atom is -0.0843 e. The van der Waals surface area contributed by atoms with Crippen LogP contribution in [-0.2, 0) is 0 Å². The first-order valence-corrected chi connectivity index (χ1v) is 2.80. The molecule has 41 valence electrons. The molecule has 1 aromatic carbocycles. The Kier molecular flexibility index (Phi) is 1.54. The second-order valence-corrected chi connectivity index (χ2v) is 2.13. The van der Waals surface area contributed by atoms with Crippen LogP contribution in [0.25, 0.3) is 0 Å². The van der Waals surface area contributed by atoms with Crippen LogP contribution < -0.4 is 0 Å². The summed E-state index contributed by atoms with van der Waals surface area (Å²) >= 11 is 5.58. The van der Waals surface area contributed by atoms with Gasteiger partial charge in [0.2, 0.25) is 0 Å². The summed E-state index contributed by atoms with van der Waals surface area (Å²) in [7, 11) is 0. The van der Waals surface area contributed by atoms with Gasteiger partial charge in [0.25, 0.3) is 0 Å². The Morgan fingerprint density at radius 1 is 1.50 bits per heavy atom. The van der Waals surface area contributed by atoms with Crippen LogP contribution in [0.5, 0.6) is 0 Å². The molecule has 0 unspecified atom stereocenters. The third-order valence-corrected chi connectivity index (χ3v) is 1.17. The fourth-order valence-corrected chi connectivity index (χ4v) is 0.601. The van der Waals surface area contributed by atoms with E-state index in [2.05, 4.69) is 6.07 Å². The van der Waals surface area contributed by atoms with Crippen molar-refractivity contribution in [3.63, 3.8) is 0 Å². The average molecular weight is 126 g/mol. The van der Waals surface area contributed by atoms with Gasteiger partial charge in [-0.15, -0.1) is 0 Å². The van der Waals surface area contributed by atoms with Crippen LogP contribution in [0.15, 0.2) is 18.2 Å². The highest BCUT2D eigenvalue weighted by atomic mass is 35.5. The number of aryl methyl sites for hydroxylation is 1. The van der Waals surface area contributed by atoms with E-state index in [1.54, 1.807) is 6.07 Å². The van der Waals surface area contributed by atoms with Crippen LogP contribution in [0.2, 0.25) is 5.02 Å². The molecule has 0 fully saturated rings. The monoisotopic (exact) mass is 125 g/mol. The maximum Gasteiger partial charge on any atom is 0.0412 e. The molecule has 1 heteroatoms. The Bertz CT molecular complexity index is 143. The predicted molar refractivity (Wildman–Crippen MR) is 35.0 cm³/mol. The van der Waals surface area contributed by atoms with Gasteiger partial charge in [-0.25, -0.2) is 0 Å². The molecule has 0 saturated heterocycles. The van der Waals surface area contributed by atoms with E-state index in [1.807, 2.05) is 19.1 Å². The second kappa shape index (κ2) is 2.19. The zero-order chi connectivity index (χ0) is 5.98. The molecule has 0 aliphatic heterocycles. The molecule has 0 atom stereocenters. The molecule has 0 spiro atoms. The molecule has 0 saturated carbocycles. The maximum absolute atomic E-state index is 5.58. The molecule has 1 aromatic rings. The molecule has 0 N–H and O–H groups in total. The van der Waals surface area contributed by atoms with E-state index in [0.717, 1.165) is 10.6 Å². The normalized spacial score (nSPS) is 9.25. The third kappa shape index (κ3) is 1.24. The Morgan fingerprint density at radius 3 is 2.62 bits per heavy atom. The van der Waals surface area contributed by atoms with Gasteiger partial charge in [0.15, 0.2) is 0 Å². The summed E-state index contributed by atoms with van der Waals surface area (Å²) in [5.41, 5.74) is 1.12. The van der Waals surface area contributed by atoms with Gasteiger partial charge < -0.3 is 0 Å². The fraction of sp³-hybridized carbons (Fsp3) is 0.143. The highest BCUT2D eigenvalue weighted by Gasteiger charge is 1.82. The van der Waals surface area contributed by atoms with Crippen molar-refractivity contribution in [2.24, 2.45) is 0 Å². The SMILES string of the molecule is Cc1[c]cc(Cl)cc1. The van der Waals surface area contributed by atoms with Crippen LogP contribution in [0.3, 0.4) is 0 Å². The Morgan fingerprint density at radius 2 is 2.25 bits per heavy atom. The van der Waals surface area contributed by atoms with Crippen LogP contribution >= 0.6 is 11.6 Å². The van der Waals surface area contributed by atoms with Gasteiger partial charge in [-0.1, -0.05) is 17.7 Å². The number of halogens is 1. The molecule has 0 amide bonds. The highest BCUT2D eigenvalue weighted by molar-refractivity contribution is 6.30. The molecule has 0 bridgehead atoms. The summed E-state index contributed by atoms with van der Waals surface area (Å²) in [5, 5.41) is 0.746. The first kappa shape index (κ1) is 5.64. The number of benzene rings is 1. The quantitative estimate of drug-likeness (QED) is 0.500. The fourth-order valence-electron chi connectivity index (χ4n) is 0.484. The lowest BCUT2D eigenvalue weighted by Gasteiger charge is -1.87. The standard InChI is InChI=1S/C7H6Cl/c1-6-2-4-7(8)5-3-6/h2,4-5H,1H3. The van der Waals surface area contributed by atoms with E-state index < -0.39 is 0 Å². The Balaban J connectivity index is 3.03. The lowest BCUT2D eigenvalue weighted by atomic mass is 10.2. The molecular formula is C7H6Cl. The first-order chi connectivity index (χ1) is 3.79. The summed E-state index contributed by atoms with van der Waals surface area (Å²) in [6.07, 6.45) is 0. The third-order valence-electron chi connectivity index (χ3n) is 0.930. The Hall–Kier alpha value is -0.490. The largest absolute Gasteiger partial charge is 0.0843 e. The zero-order valence-electron chi connectivity index (χ0n) is 4.61. The molecule has 1 radical (unpaired) electrons. The lowest BCUT2D eigenvalue weighted by molar-refractivity contribution is 1.46. The van der Waals surface area contributed by atoms with Crippen LogP contribution in [0.1, 0.15) is 5.56 Å². The second-order valence-electron chi connectivity index (χ2n) is 1.69. The summed E-state index contributed by atoms with van der Waals surface area (Å²) in [6, 6.07) is 8.52. The minimum absolute atomic E-state index is 0.746. The molecule has 0 aliphatic carbocycles. The molecule has 0 heterocycles. The number of hydrogen-bond acceptors (Lipinski definition) is 0. The summed E-state index contributed by atoms with van der Waals surface area (Å²) in [4.78, 5) is 0. The van der Waals surface area contributed by atoms with E-state index in [4.69, 9.17) is 11.6 Å². The van der Waals surface area contributed by atoms with Crippen molar-refractivity contribution in [1.29, 1.82) is 0 Å². The molecule has 8 heavy (non-hydrogen) atoms. The van der Waals surface area contributed by atoms with Crippen molar-refractivity contribution >= 4 is 11.6 Å². The van der Waals surface area contributed by atoms with Gasteiger partial charge in [-0.2, -0.15) is 0 Å². The molecule has 1 rings (SSSR count). The predicted octanol–water partition coefficient (Wildman–Crippen LogP) is 2.45. The number of hydrogen-bond donors (Lipinski definition) is 0. The van der Waals surface area contributed by atoms with E-state index in [-0.39, 0.29) is 0 Å². The molecule has 0 nitrogen and oxygen atoms in total. The van der Waals surface area contributed by atoms with Gasteiger partial charge in [0.1, 0.15) is 0 Å². The highest BCUT2D eigenvalue weighted by Crippen LogP contribution is 2.06. The van der Waals surface area contributed by atoms with Gasteiger partial charge >= 0.3 is 0 Å². The van der Waals surface area contributed by atoms with Gasteiger partial charge in [-0.3, -0.25) is 0 Å². The zero-order valence-corrected chi connectivity index (χ0v) is 5.37. The van der Waals surface area contributed by atoms with E-state index in [0.29, 0.717) is 0 Å². The van der Waals surface area contributed by atoms with Gasteiger partial charge in [0.05, 0.1) is 0 Å². The van der Waals surface area contributed by atoms with Crippen LogP contribution in [0.4, 0.5) is 0 Å².